The highest BCUT2D eigenvalue weighted by Gasteiger charge is 2.76. The fourth-order valence-electron chi connectivity index (χ4n) is 8.76. The second kappa shape index (κ2) is 7.25. The summed E-state index contributed by atoms with van der Waals surface area (Å²) in [6.07, 6.45) is 9.33. The summed E-state index contributed by atoms with van der Waals surface area (Å²) in [5.41, 5.74) is -0.115. The van der Waals surface area contributed by atoms with Crippen molar-refractivity contribution in [1.82, 2.24) is 9.88 Å². The van der Waals surface area contributed by atoms with E-state index in [4.69, 9.17) is 4.74 Å². The Labute approximate surface area is 211 Å². The second-order valence-electron chi connectivity index (χ2n) is 12.4. The molecule has 2 spiro atoms. The molecule has 5 aliphatic rings. The van der Waals surface area contributed by atoms with Crippen molar-refractivity contribution < 1.29 is 19.3 Å². The molecule has 1 saturated carbocycles. The van der Waals surface area contributed by atoms with Gasteiger partial charge in [-0.2, -0.15) is 0 Å². The first-order valence-electron chi connectivity index (χ1n) is 13.3. The van der Waals surface area contributed by atoms with Gasteiger partial charge in [0, 0.05) is 41.6 Å². The highest BCUT2D eigenvalue weighted by Crippen LogP contribution is 2.70. The number of aromatic nitrogens is 1. The maximum absolute atomic E-state index is 16.9. The number of halogens is 1. The second-order valence-corrected chi connectivity index (χ2v) is 12.4. The van der Waals surface area contributed by atoms with E-state index in [1.54, 1.807) is 0 Å². The molecule has 2 N–H and O–H groups in total. The number of pyridine rings is 1. The van der Waals surface area contributed by atoms with Crippen molar-refractivity contribution in [2.45, 2.75) is 80.6 Å². The number of rotatable bonds is 2. The molecule has 2 aromatic rings. The first kappa shape index (κ1) is 23.0. The Bertz CT molecular complexity index is 1320. The van der Waals surface area contributed by atoms with Gasteiger partial charge in [0.2, 0.25) is 0 Å². The van der Waals surface area contributed by atoms with E-state index in [1.165, 1.54) is 16.5 Å². The van der Waals surface area contributed by atoms with Crippen molar-refractivity contribution >= 4 is 16.3 Å². The van der Waals surface area contributed by atoms with Crippen LogP contribution in [0.4, 0.5) is 4.39 Å². The van der Waals surface area contributed by atoms with Crippen LogP contribution in [0.1, 0.15) is 51.0 Å². The molecule has 2 aliphatic heterocycles. The monoisotopic (exact) mass is 490 g/mol. The van der Waals surface area contributed by atoms with Gasteiger partial charge in [-0.3, -0.25) is 4.98 Å². The van der Waals surface area contributed by atoms with Gasteiger partial charge < -0.3 is 19.8 Å². The zero-order valence-corrected chi connectivity index (χ0v) is 21.2. The highest BCUT2D eigenvalue weighted by molar-refractivity contribution is 5.95. The van der Waals surface area contributed by atoms with Crippen LogP contribution in [-0.2, 0) is 4.74 Å². The zero-order chi connectivity index (χ0) is 25.1. The Morgan fingerprint density at radius 2 is 1.97 bits per heavy atom. The van der Waals surface area contributed by atoms with Crippen LogP contribution in [0.3, 0.4) is 0 Å². The molecule has 8 atom stereocenters. The number of aliphatic hydroxyl groups excluding tert-OH is 2. The number of allylic oxidation sites excluding steroid dienone is 3. The van der Waals surface area contributed by atoms with Crippen molar-refractivity contribution in [2.24, 2.45) is 11.3 Å². The van der Waals surface area contributed by atoms with Crippen LogP contribution in [0.5, 0.6) is 0 Å². The lowest BCUT2D eigenvalue weighted by Gasteiger charge is -2.61. The predicted octanol–water partition coefficient (Wildman–Crippen LogP) is 4.43. The minimum atomic E-state index is -1.98. The van der Waals surface area contributed by atoms with E-state index in [0.29, 0.717) is 12.8 Å². The smallest absolute Gasteiger partial charge is 0.171 e. The van der Waals surface area contributed by atoms with E-state index in [9.17, 15) is 10.2 Å². The number of fused-ring (bicyclic) bond motifs is 2. The van der Waals surface area contributed by atoms with E-state index in [0.717, 1.165) is 30.2 Å². The lowest BCUT2D eigenvalue weighted by molar-refractivity contribution is -0.282. The zero-order valence-electron chi connectivity index (χ0n) is 21.2. The third kappa shape index (κ3) is 2.61. The SMILES string of the molecule is CN(C)[C@H]1C[C@@]23CC[C@@]4(O2)C(=CC[C@]2(C)C(c5cccc6cnccc56)=CCC24)CC3(F)[C@@H](O)[C@@H]1O. The molecule has 7 rings (SSSR count). The molecule has 2 saturated heterocycles. The van der Waals surface area contributed by atoms with Gasteiger partial charge in [-0.1, -0.05) is 37.3 Å². The number of benzene rings is 1. The number of nitrogens with zero attached hydrogens (tertiary/aromatic N) is 2. The van der Waals surface area contributed by atoms with Gasteiger partial charge in [0.1, 0.15) is 11.7 Å². The molecule has 3 aliphatic carbocycles. The first-order chi connectivity index (χ1) is 17.2. The number of likely N-dealkylation sites (N-methyl/N-ethyl adjacent to an activating group) is 1. The average Bonchev–Trinajstić information content (AvgIpc) is 3.40. The molecule has 1 aromatic carbocycles. The fraction of sp³-hybridized carbons (Fsp3) is 0.567. The lowest BCUT2D eigenvalue weighted by atomic mass is 9.56. The van der Waals surface area contributed by atoms with Crippen molar-refractivity contribution in [3.8, 4) is 0 Å². The van der Waals surface area contributed by atoms with Crippen molar-refractivity contribution in [1.29, 1.82) is 0 Å². The minimum Gasteiger partial charge on any atom is -0.389 e. The van der Waals surface area contributed by atoms with Gasteiger partial charge in [-0.15, -0.1) is 0 Å². The molecule has 2 unspecified atom stereocenters. The number of aliphatic hydroxyl groups is 2. The summed E-state index contributed by atoms with van der Waals surface area (Å²) in [6.45, 7) is 2.35. The van der Waals surface area contributed by atoms with Crippen LogP contribution >= 0.6 is 0 Å². The standard InChI is InChI=1S/C30H35FN2O3/c1-27-11-9-19-15-30(31)26(35)25(34)23(33(2)3)16-28(30)12-13-29(19,36-28)24(27)8-7-22(27)21-6-4-5-18-17-32-14-10-20(18)21/h4-7,9-10,14,17,23-26,34-35H,8,11-13,15-16H2,1-3H3/t23-,24?,25+,26-,27+,28+,29+,30?/m0/s1. The maximum Gasteiger partial charge on any atom is 0.171 e. The molecule has 36 heavy (non-hydrogen) atoms. The number of hydrogen-bond donors (Lipinski definition) is 2. The van der Waals surface area contributed by atoms with E-state index in [2.05, 4.69) is 48.3 Å². The van der Waals surface area contributed by atoms with Gasteiger partial charge in [0.05, 0.1) is 11.7 Å². The third-order valence-corrected chi connectivity index (χ3v) is 10.7. The van der Waals surface area contributed by atoms with E-state index in [-0.39, 0.29) is 23.8 Å². The van der Waals surface area contributed by atoms with Crippen molar-refractivity contribution in [2.75, 3.05) is 14.1 Å². The Hall–Kier alpha value is -2.12. The topological polar surface area (TPSA) is 65.8 Å². The van der Waals surface area contributed by atoms with E-state index in [1.807, 2.05) is 31.4 Å². The Morgan fingerprint density at radius 1 is 1.14 bits per heavy atom. The minimum absolute atomic E-state index is 0.128. The molecule has 0 amide bonds. The molecular weight excluding hydrogens is 455 g/mol. The summed E-state index contributed by atoms with van der Waals surface area (Å²) in [5.74, 6) is 0.211. The predicted molar refractivity (Wildman–Crippen MR) is 137 cm³/mol. The molecule has 190 valence electrons. The molecule has 5 nitrogen and oxygen atoms in total. The average molecular weight is 491 g/mol. The first-order valence-corrected chi connectivity index (χ1v) is 13.3. The van der Waals surface area contributed by atoms with E-state index < -0.39 is 29.1 Å². The third-order valence-electron chi connectivity index (χ3n) is 10.7. The van der Waals surface area contributed by atoms with Crippen LogP contribution in [0, 0.1) is 11.3 Å². The van der Waals surface area contributed by atoms with Crippen LogP contribution in [0.25, 0.3) is 16.3 Å². The summed E-state index contributed by atoms with van der Waals surface area (Å²) in [7, 11) is 3.76. The lowest BCUT2D eigenvalue weighted by Crippen LogP contribution is -2.73. The van der Waals surface area contributed by atoms with Crippen molar-refractivity contribution in [3.63, 3.8) is 0 Å². The molecule has 1 aromatic heterocycles. The number of hydrogen-bond acceptors (Lipinski definition) is 5. The molecule has 0 radical (unpaired) electrons. The Balaban J connectivity index is 1.32. The largest absolute Gasteiger partial charge is 0.389 e. The number of ether oxygens (including phenoxy) is 1. The summed E-state index contributed by atoms with van der Waals surface area (Å²) in [6, 6.07) is 8.17. The Morgan fingerprint density at radius 3 is 2.78 bits per heavy atom. The fourth-order valence-corrected chi connectivity index (χ4v) is 8.76. The number of alkyl halides is 1. The van der Waals surface area contributed by atoms with Gasteiger partial charge in [-0.25, -0.2) is 4.39 Å². The normalized spacial score (nSPS) is 45.2. The van der Waals surface area contributed by atoms with E-state index >= 15 is 4.39 Å². The van der Waals surface area contributed by atoms with Gasteiger partial charge in [0.15, 0.2) is 5.67 Å². The quantitative estimate of drug-likeness (QED) is 0.610. The molecule has 3 heterocycles. The van der Waals surface area contributed by atoms with Crippen LogP contribution in [-0.4, -0.2) is 69.3 Å². The molecule has 6 heteroatoms. The van der Waals surface area contributed by atoms with Crippen LogP contribution < -0.4 is 0 Å². The molecule has 3 fully saturated rings. The van der Waals surface area contributed by atoms with Gasteiger partial charge >= 0.3 is 0 Å². The Kier molecular flexibility index (Phi) is 4.64. The van der Waals surface area contributed by atoms with Crippen LogP contribution in [0.2, 0.25) is 0 Å². The highest BCUT2D eigenvalue weighted by atomic mass is 19.1. The van der Waals surface area contributed by atoms with Gasteiger partial charge in [0.25, 0.3) is 0 Å². The van der Waals surface area contributed by atoms with Crippen molar-refractivity contribution in [3.05, 3.63) is 59.9 Å². The summed E-state index contributed by atoms with van der Waals surface area (Å²) < 4.78 is 23.9. The summed E-state index contributed by atoms with van der Waals surface area (Å²) in [5, 5.41) is 24.3. The van der Waals surface area contributed by atoms with Crippen LogP contribution in [0.15, 0.2) is 54.4 Å². The molecular formula is C30H35FN2O3. The maximum atomic E-state index is 16.9. The van der Waals surface area contributed by atoms with Gasteiger partial charge in [-0.05, 0) is 74.4 Å². The molecule has 2 bridgehead atoms. The summed E-state index contributed by atoms with van der Waals surface area (Å²) >= 11 is 0. The summed E-state index contributed by atoms with van der Waals surface area (Å²) in [4.78, 5) is 6.21.